The van der Waals surface area contributed by atoms with Crippen LogP contribution >= 0.6 is 11.6 Å². The van der Waals surface area contributed by atoms with Gasteiger partial charge in [0, 0.05) is 10.6 Å². The second-order valence-electron chi connectivity index (χ2n) is 6.81. The summed E-state index contributed by atoms with van der Waals surface area (Å²) < 4.78 is 5.34. The Balaban J connectivity index is 1.49. The molecule has 3 aromatic rings. The average molecular weight is 450 g/mol. The van der Waals surface area contributed by atoms with E-state index in [4.69, 9.17) is 16.3 Å². The minimum Gasteiger partial charge on any atom is -0.423 e. The fourth-order valence-electron chi connectivity index (χ4n) is 2.60. The third-order valence-electron chi connectivity index (χ3n) is 4.27. The van der Waals surface area contributed by atoms with Gasteiger partial charge in [-0.1, -0.05) is 41.4 Å². The summed E-state index contributed by atoms with van der Waals surface area (Å²) in [5.41, 5.74) is 4.82. The van der Waals surface area contributed by atoms with Gasteiger partial charge in [-0.05, 0) is 61.0 Å². The Hall–Kier alpha value is -3.97. The van der Waals surface area contributed by atoms with Crippen LogP contribution in [0, 0.1) is 6.92 Å². The van der Waals surface area contributed by atoms with Crippen LogP contribution in [-0.2, 0) is 4.79 Å². The summed E-state index contributed by atoms with van der Waals surface area (Å²) >= 11 is 5.82. The van der Waals surface area contributed by atoms with Crippen LogP contribution in [0.4, 0.5) is 0 Å². The topological polar surface area (TPSA) is 96.9 Å². The molecule has 0 aliphatic heterocycles. The van der Waals surface area contributed by atoms with Crippen molar-refractivity contribution in [3.63, 3.8) is 0 Å². The van der Waals surface area contributed by atoms with Crippen LogP contribution in [0.15, 0.2) is 77.9 Å². The highest BCUT2D eigenvalue weighted by Gasteiger charge is 2.09. The molecule has 0 atom stereocenters. The lowest BCUT2D eigenvalue weighted by Crippen LogP contribution is -2.34. The third-order valence-corrected chi connectivity index (χ3v) is 4.53. The number of nitrogens with one attached hydrogen (secondary N) is 2. The minimum absolute atomic E-state index is 0.219. The maximum Gasteiger partial charge on any atom is 0.343 e. The highest BCUT2D eigenvalue weighted by Crippen LogP contribution is 2.16. The Kier molecular flexibility index (Phi) is 7.72. The molecule has 0 aliphatic carbocycles. The molecule has 2 amide bonds. The van der Waals surface area contributed by atoms with E-state index in [1.54, 1.807) is 60.7 Å². The number of ether oxygens (including phenoxy) is 1. The van der Waals surface area contributed by atoms with Gasteiger partial charge >= 0.3 is 5.97 Å². The van der Waals surface area contributed by atoms with Crippen molar-refractivity contribution in [2.45, 2.75) is 6.92 Å². The first-order chi connectivity index (χ1) is 15.4. The van der Waals surface area contributed by atoms with Crippen LogP contribution in [0.25, 0.3) is 0 Å². The second kappa shape index (κ2) is 10.9. The van der Waals surface area contributed by atoms with Crippen LogP contribution in [0.5, 0.6) is 5.75 Å². The lowest BCUT2D eigenvalue weighted by atomic mass is 10.1. The van der Waals surface area contributed by atoms with E-state index in [-0.39, 0.29) is 12.5 Å². The summed E-state index contributed by atoms with van der Waals surface area (Å²) in [5.74, 6) is -1.02. The van der Waals surface area contributed by atoms with Crippen molar-refractivity contribution in [2.75, 3.05) is 6.54 Å². The molecular weight excluding hydrogens is 430 g/mol. The molecule has 162 valence electrons. The van der Waals surface area contributed by atoms with Gasteiger partial charge in [0.25, 0.3) is 11.8 Å². The fraction of sp³-hybridized carbons (Fsp3) is 0.0833. The molecule has 0 bridgehead atoms. The monoisotopic (exact) mass is 449 g/mol. The predicted octanol–water partition coefficient (Wildman–Crippen LogP) is 3.75. The van der Waals surface area contributed by atoms with E-state index in [0.717, 1.165) is 5.56 Å². The van der Waals surface area contributed by atoms with Crippen LogP contribution < -0.4 is 15.5 Å². The predicted molar refractivity (Wildman–Crippen MR) is 122 cm³/mol. The van der Waals surface area contributed by atoms with Gasteiger partial charge in [0.15, 0.2) is 0 Å². The zero-order chi connectivity index (χ0) is 22.9. The van der Waals surface area contributed by atoms with Crippen molar-refractivity contribution >= 4 is 35.6 Å². The molecule has 8 heteroatoms. The molecule has 0 heterocycles. The minimum atomic E-state index is -0.520. The standard InChI is InChI=1S/C24H20ClN3O4/c1-16-5-7-18(8-6-16)23(30)26-15-22(29)28-27-14-17-3-2-4-21(13-17)32-24(31)19-9-11-20(25)12-10-19/h2-14H,15H2,1H3,(H,26,30)(H,28,29)/b27-14+. The molecule has 2 N–H and O–H groups in total. The van der Waals surface area contributed by atoms with E-state index >= 15 is 0 Å². The van der Waals surface area contributed by atoms with E-state index in [0.29, 0.717) is 27.5 Å². The fourth-order valence-corrected chi connectivity index (χ4v) is 2.72. The number of esters is 1. The van der Waals surface area contributed by atoms with E-state index in [1.807, 2.05) is 19.1 Å². The van der Waals surface area contributed by atoms with Gasteiger partial charge < -0.3 is 10.1 Å². The largest absolute Gasteiger partial charge is 0.423 e. The number of benzene rings is 3. The molecule has 32 heavy (non-hydrogen) atoms. The van der Waals surface area contributed by atoms with Gasteiger partial charge in [-0.15, -0.1) is 0 Å². The molecule has 0 saturated carbocycles. The number of aryl methyl sites for hydroxylation is 1. The van der Waals surface area contributed by atoms with Crippen molar-refractivity contribution < 1.29 is 19.1 Å². The van der Waals surface area contributed by atoms with E-state index < -0.39 is 11.9 Å². The Morgan fingerprint density at radius 2 is 1.66 bits per heavy atom. The summed E-state index contributed by atoms with van der Waals surface area (Å²) in [6, 6.07) is 20.0. The van der Waals surface area contributed by atoms with Gasteiger partial charge in [-0.25, -0.2) is 10.2 Å². The number of amides is 2. The summed E-state index contributed by atoms with van der Waals surface area (Å²) in [4.78, 5) is 36.1. The highest BCUT2D eigenvalue weighted by molar-refractivity contribution is 6.30. The van der Waals surface area contributed by atoms with Gasteiger partial charge in [0.1, 0.15) is 5.75 Å². The number of nitrogens with zero attached hydrogens (tertiary/aromatic N) is 1. The summed E-state index contributed by atoms with van der Waals surface area (Å²) in [5, 5.41) is 6.91. The Bertz CT molecular complexity index is 1140. The summed E-state index contributed by atoms with van der Waals surface area (Å²) in [7, 11) is 0. The molecule has 0 radical (unpaired) electrons. The van der Waals surface area contributed by atoms with Crippen molar-refractivity contribution in [2.24, 2.45) is 5.10 Å². The molecule has 7 nitrogen and oxygen atoms in total. The van der Waals surface area contributed by atoms with Crippen molar-refractivity contribution in [1.82, 2.24) is 10.7 Å². The Labute approximate surface area is 190 Å². The molecule has 0 aliphatic rings. The Morgan fingerprint density at radius 1 is 0.969 bits per heavy atom. The maximum absolute atomic E-state index is 12.2. The second-order valence-corrected chi connectivity index (χ2v) is 7.25. The average Bonchev–Trinajstić information content (AvgIpc) is 2.78. The molecule has 0 saturated heterocycles. The van der Waals surface area contributed by atoms with E-state index in [1.165, 1.54) is 6.21 Å². The van der Waals surface area contributed by atoms with Crippen molar-refractivity contribution in [1.29, 1.82) is 0 Å². The first-order valence-electron chi connectivity index (χ1n) is 9.65. The normalized spacial score (nSPS) is 10.6. The molecule has 0 aromatic heterocycles. The van der Waals surface area contributed by atoms with Crippen LogP contribution in [0.1, 0.15) is 31.8 Å². The smallest absolute Gasteiger partial charge is 0.343 e. The van der Waals surface area contributed by atoms with Crippen molar-refractivity contribution in [3.8, 4) is 5.75 Å². The summed E-state index contributed by atoms with van der Waals surface area (Å²) in [6.45, 7) is 1.70. The van der Waals surface area contributed by atoms with Gasteiger partial charge in [0.2, 0.25) is 0 Å². The zero-order valence-electron chi connectivity index (χ0n) is 17.2. The summed E-state index contributed by atoms with van der Waals surface area (Å²) in [6.07, 6.45) is 1.40. The highest BCUT2D eigenvalue weighted by atomic mass is 35.5. The molecule has 3 aromatic carbocycles. The third kappa shape index (κ3) is 6.78. The SMILES string of the molecule is Cc1ccc(C(=O)NCC(=O)N/N=C/c2cccc(OC(=O)c3ccc(Cl)cc3)c2)cc1. The number of carbonyl (C=O) groups excluding carboxylic acids is 3. The number of hydrogen-bond acceptors (Lipinski definition) is 5. The molecule has 0 unspecified atom stereocenters. The first kappa shape index (κ1) is 22.7. The lowest BCUT2D eigenvalue weighted by Gasteiger charge is -2.06. The molecule has 3 rings (SSSR count). The maximum atomic E-state index is 12.2. The molecular formula is C24H20ClN3O4. The quantitative estimate of drug-likeness (QED) is 0.248. The Morgan fingerprint density at radius 3 is 2.38 bits per heavy atom. The first-order valence-corrected chi connectivity index (χ1v) is 10.0. The van der Waals surface area contributed by atoms with Gasteiger partial charge in [0.05, 0.1) is 18.3 Å². The van der Waals surface area contributed by atoms with E-state index in [2.05, 4.69) is 15.8 Å². The number of hydrogen-bond donors (Lipinski definition) is 2. The number of halogens is 1. The number of carbonyl (C=O) groups is 3. The zero-order valence-corrected chi connectivity index (χ0v) is 17.9. The van der Waals surface area contributed by atoms with Crippen LogP contribution in [0.3, 0.4) is 0 Å². The molecule has 0 spiro atoms. The number of hydrazone groups is 1. The van der Waals surface area contributed by atoms with Crippen molar-refractivity contribution in [3.05, 3.63) is 100 Å². The van der Waals surface area contributed by atoms with Gasteiger partial charge in [-0.2, -0.15) is 5.10 Å². The van der Waals surface area contributed by atoms with Gasteiger partial charge in [-0.3, -0.25) is 9.59 Å². The molecule has 0 fully saturated rings. The van der Waals surface area contributed by atoms with E-state index in [9.17, 15) is 14.4 Å². The van der Waals surface area contributed by atoms with Crippen LogP contribution in [-0.4, -0.2) is 30.5 Å². The lowest BCUT2D eigenvalue weighted by molar-refractivity contribution is -0.120. The number of rotatable bonds is 7. The van der Waals surface area contributed by atoms with Crippen LogP contribution in [0.2, 0.25) is 5.02 Å².